The van der Waals surface area contributed by atoms with Crippen molar-refractivity contribution in [1.29, 1.82) is 0 Å². The quantitative estimate of drug-likeness (QED) is 0.931. The highest BCUT2D eigenvalue weighted by atomic mass is 16.6. The summed E-state index contributed by atoms with van der Waals surface area (Å²) in [5.41, 5.74) is 0.965. The number of amides is 2. The van der Waals surface area contributed by atoms with Gasteiger partial charge in [-0.05, 0) is 17.9 Å². The van der Waals surface area contributed by atoms with Gasteiger partial charge in [0.1, 0.15) is 6.61 Å². The molecular weight excluding hydrogens is 280 g/mol. The molecule has 3 atom stereocenters. The van der Waals surface area contributed by atoms with Crippen LogP contribution in [0.4, 0.5) is 4.79 Å². The number of likely N-dealkylation sites (tertiary alicyclic amines) is 1. The number of hydrogen-bond donors (Lipinski definition) is 1. The molecule has 1 aromatic carbocycles. The minimum atomic E-state index is -0.321. The van der Waals surface area contributed by atoms with Gasteiger partial charge >= 0.3 is 6.09 Å². The Morgan fingerprint density at radius 1 is 1.36 bits per heavy atom. The van der Waals surface area contributed by atoms with Crippen molar-refractivity contribution < 1.29 is 14.3 Å². The number of nitrogens with zero attached hydrogens (tertiary/aromatic N) is 1. The lowest BCUT2D eigenvalue weighted by molar-refractivity contribution is -0.124. The van der Waals surface area contributed by atoms with E-state index in [-0.39, 0.29) is 42.5 Å². The predicted octanol–water partition coefficient (Wildman–Crippen LogP) is 2.17. The van der Waals surface area contributed by atoms with Crippen LogP contribution in [0.3, 0.4) is 0 Å². The molecule has 0 bridgehead atoms. The van der Waals surface area contributed by atoms with Gasteiger partial charge in [0.15, 0.2) is 0 Å². The van der Waals surface area contributed by atoms with Gasteiger partial charge in [0.25, 0.3) is 0 Å². The molecule has 1 unspecified atom stereocenters. The van der Waals surface area contributed by atoms with Gasteiger partial charge in [-0.2, -0.15) is 0 Å². The lowest BCUT2D eigenvalue weighted by Gasteiger charge is -2.28. The van der Waals surface area contributed by atoms with Crippen LogP contribution >= 0.6 is 0 Å². The second kappa shape index (κ2) is 5.99. The fraction of sp³-hybridized carbons (Fsp3) is 0.529. The Balaban J connectivity index is 1.66. The summed E-state index contributed by atoms with van der Waals surface area (Å²) in [5.74, 6) is 0.125. The number of ether oxygens (including phenoxy) is 1. The molecular formula is C17H22N2O3. The zero-order chi connectivity index (χ0) is 15.7. The zero-order valence-corrected chi connectivity index (χ0v) is 13.0. The average Bonchev–Trinajstić information content (AvgIpc) is 3.03. The van der Waals surface area contributed by atoms with Crippen molar-refractivity contribution in [2.24, 2.45) is 11.8 Å². The van der Waals surface area contributed by atoms with E-state index < -0.39 is 0 Å². The SMILES string of the molecule is CC(C)C1C(=O)N[C@@H]2CCN(C(=O)OCc3ccccc3)[C@@H]12. The maximum Gasteiger partial charge on any atom is 0.410 e. The van der Waals surface area contributed by atoms with Crippen LogP contribution in [0.5, 0.6) is 0 Å². The minimum Gasteiger partial charge on any atom is -0.445 e. The van der Waals surface area contributed by atoms with Crippen molar-refractivity contribution >= 4 is 12.0 Å². The molecule has 3 rings (SSSR count). The minimum absolute atomic E-state index is 0.0607. The van der Waals surface area contributed by atoms with Gasteiger partial charge in [-0.1, -0.05) is 44.2 Å². The van der Waals surface area contributed by atoms with Gasteiger partial charge in [-0.15, -0.1) is 0 Å². The van der Waals surface area contributed by atoms with Gasteiger partial charge in [-0.25, -0.2) is 4.79 Å². The van der Waals surface area contributed by atoms with Gasteiger partial charge in [0.05, 0.1) is 18.0 Å². The summed E-state index contributed by atoms with van der Waals surface area (Å²) in [6.45, 7) is 4.96. The molecule has 2 saturated heterocycles. The molecule has 1 N–H and O–H groups in total. The summed E-state index contributed by atoms with van der Waals surface area (Å²) < 4.78 is 5.43. The summed E-state index contributed by atoms with van der Waals surface area (Å²) in [4.78, 5) is 26.2. The van der Waals surface area contributed by atoms with Crippen molar-refractivity contribution in [3.63, 3.8) is 0 Å². The number of carbonyl (C=O) groups is 2. The van der Waals surface area contributed by atoms with E-state index in [1.165, 1.54) is 0 Å². The Hall–Kier alpha value is -2.04. The third-order valence-electron chi connectivity index (χ3n) is 4.61. The largest absolute Gasteiger partial charge is 0.445 e. The third kappa shape index (κ3) is 2.67. The van der Waals surface area contributed by atoms with Crippen LogP contribution in [0, 0.1) is 11.8 Å². The summed E-state index contributed by atoms with van der Waals surface area (Å²) >= 11 is 0. The second-order valence-corrected chi connectivity index (χ2v) is 6.40. The standard InChI is InChI=1S/C17H22N2O3/c1-11(2)14-15-13(18-16(14)20)8-9-19(15)17(21)22-10-12-6-4-3-5-7-12/h3-7,11,13-15H,8-10H2,1-2H3,(H,18,20)/t13-,14?,15-/m1/s1. The Labute approximate surface area is 130 Å². The number of nitrogens with one attached hydrogen (secondary N) is 1. The average molecular weight is 302 g/mol. The first-order chi connectivity index (χ1) is 10.6. The molecule has 22 heavy (non-hydrogen) atoms. The van der Waals surface area contributed by atoms with Gasteiger partial charge in [-0.3, -0.25) is 4.79 Å². The summed E-state index contributed by atoms with van der Waals surface area (Å²) in [6, 6.07) is 9.63. The Morgan fingerprint density at radius 2 is 2.09 bits per heavy atom. The lowest BCUT2D eigenvalue weighted by Crippen LogP contribution is -2.44. The van der Waals surface area contributed by atoms with Crippen LogP contribution in [0.25, 0.3) is 0 Å². The van der Waals surface area contributed by atoms with E-state index in [9.17, 15) is 9.59 Å². The maximum atomic E-state index is 12.4. The normalized spacial score (nSPS) is 27.0. The second-order valence-electron chi connectivity index (χ2n) is 6.40. The van der Waals surface area contributed by atoms with E-state index in [0.29, 0.717) is 6.54 Å². The van der Waals surface area contributed by atoms with Crippen LogP contribution in [-0.4, -0.2) is 35.5 Å². The number of hydrogen-bond acceptors (Lipinski definition) is 3. The molecule has 0 spiro atoms. The number of carbonyl (C=O) groups excluding carboxylic acids is 2. The molecule has 2 amide bonds. The van der Waals surface area contributed by atoms with Crippen molar-refractivity contribution in [3.05, 3.63) is 35.9 Å². The summed E-state index contributed by atoms with van der Waals surface area (Å²) in [7, 11) is 0. The lowest BCUT2D eigenvalue weighted by atomic mass is 9.88. The van der Waals surface area contributed by atoms with Crippen molar-refractivity contribution in [2.75, 3.05) is 6.54 Å². The molecule has 2 aliphatic rings. The highest BCUT2D eigenvalue weighted by molar-refractivity contribution is 5.84. The Kier molecular flexibility index (Phi) is 4.05. The smallest absolute Gasteiger partial charge is 0.410 e. The molecule has 2 fully saturated rings. The molecule has 0 aromatic heterocycles. The van der Waals surface area contributed by atoms with E-state index >= 15 is 0 Å². The van der Waals surface area contributed by atoms with E-state index in [1.807, 2.05) is 44.2 Å². The van der Waals surface area contributed by atoms with Crippen LogP contribution in [0.15, 0.2) is 30.3 Å². The van der Waals surface area contributed by atoms with E-state index in [4.69, 9.17) is 4.74 Å². The van der Waals surface area contributed by atoms with Crippen LogP contribution in [-0.2, 0) is 16.1 Å². The monoisotopic (exact) mass is 302 g/mol. The molecule has 2 aliphatic heterocycles. The summed E-state index contributed by atoms with van der Waals surface area (Å²) in [6.07, 6.45) is 0.485. The molecule has 0 aliphatic carbocycles. The maximum absolute atomic E-state index is 12.4. The molecule has 0 radical (unpaired) electrons. The molecule has 2 heterocycles. The number of fused-ring (bicyclic) bond motifs is 1. The van der Waals surface area contributed by atoms with Crippen molar-refractivity contribution in [1.82, 2.24) is 10.2 Å². The van der Waals surface area contributed by atoms with Crippen LogP contribution < -0.4 is 5.32 Å². The van der Waals surface area contributed by atoms with Crippen LogP contribution in [0.1, 0.15) is 25.8 Å². The zero-order valence-electron chi connectivity index (χ0n) is 13.0. The third-order valence-corrected chi connectivity index (χ3v) is 4.61. The first kappa shape index (κ1) is 14.9. The molecule has 5 heteroatoms. The number of rotatable bonds is 3. The van der Waals surface area contributed by atoms with E-state index in [1.54, 1.807) is 4.90 Å². The van der Waals surface area contributed by atoms with Crippen LogP contribution in [0.2, 0.25) is 0 Å². The van der Waals surface area contributed by atoms with Crippen molar-refractivity contribution in [2.45, 2.75) is 39.0 Å². The summed E-state index contributed by atoms with van der Waals surface area (Å²) in [5, 5.41) is 3.02. The first-order valence-electron chi connectivity index (χ1n) is 7.85. The fourth-order valence-corrected chi connectivity index (χ4v) is 3.56. The van der Waals surface area contributed by atoms with Gasteiger partial charge in [0.2, 0.25) is 5.91 Å². The molecule has 0 saturated carbocycles. The highest BCUT2D eigenvalue weighted by Gasteiger charge is 2.51. The van der Waals surface area contributed by atoms with E-state index in [2.05, 4.69) is 5.32 Å². The topological polar surface area (TPSA) is 58.6 Å². The fourth-order valence-electron chi connectivity index (χ4n) is 3.56. The molecule has 1 aromatic rings. The molecule has 118 valence electrons. The highest BCUT2D eigenvalue weighted by Crippen LogP contribution is 2.34. The first-order valence-corrected chi connectivity index (χ1v) is 7.85. The van der Waals surface area contributed by atoms with Gasteiger partial charge < -0.3 is 15.0 Å². The predicted molar refractivity (Wildman–Crippen MR) is 82.0 cm³/mol. The Morgan fingerprint density at radius 3 is 2.77 bits per heavy atom. The molecule has 5 nitrogen and oxygen atoms in total. The number of benzene rings is 1. The van der Waals surface area contributed by atoms with Gasteiger partial charge in [0, 0.05) is 6.54 Å². The van der Waals surface area contributed by atoms with Crippen molar-refractivity contribution in [3.8, 4) is 0 Å². The van der Waals surface area contributed by atoms with E-state index in [0.717, 1.165) is 12.0 Å². The Bertz CT molecular complexity index is 558.